The van der Waals surface area contributed by atoms with Gasteiger partial charge in [-0.05, 0) is 43.7 Å². The van der Waals surface area contributed by atoms with Gasteiger partial charge in [0, 0.05) is 19.2 Å². The van der Waals surface area contributed by atoms with Crippen LogP contribution in [0.15, 0.2) is 30.3 Å². The van der Waals surface area contributed by atoms with E-state index in [1.807, 2.05) is 30.3 Å². The Hall–Kier alpha value is -1.63. The van der Waals surface area contributed by atoms with Crippen LogP contribution in [0.25, 0.3) is 0 Å². The molecule has 27 heavy (non-hydrogen) atoms. The van der Waals surface area contributed by atoms with Crippen molar-refractivity contribution in [2.45, 2.75) is 69.9 Å². The number of aliphatic hydroxyl groups excluding tert-OH is 2. The smallest absolute Gasteiger partial charge is 0.268 e. The van der Waals surface area contributed by atoms with Crippen LogP contribution in [0.5, 0.6) is 0 Å². The molecule has 1 aromatic rings. The molecule has 5 N–H and O–H groups in total. The Morgan fingerprint density at radius 2 is 1.85 bits per heavy atom. The van der Waals surface area contributed by atoms with Crippen molar-refractivity contribution in [1.82, 2.24) is 5.43 Å². The van der Waals surface area contributed by atoms with Crippen molar-refractivity contribution in [3.63, 3.8) is 0 Å². The van der Waals surface area contributed by atoms with E-state index in [1.54, 1.807) is 5.01 Å². The number of para-hydroxylation sites is 1. The zero-order valence-electron chi connectivity index (χ0n) is 16.2. The van der Waals surface area contributed by atoms with Crippen LogP contribution in [-0.4, -0.2) is 41.4 Å². The fourth-order valence-corrected chi connectivity index (χ4v) is 3.75. The first-order valence-electron chi connectivity index (χ1n) is 10.3. The molecule has 1 aromatic carbocycles. The first-order valence-corrected chi connectivity index (χ1v) is 10.3. The second-order valence-corrected chi connectivity index (χ2v) is 7.60. The standard InChI is InChI=1S/C21H35N3O3/c22-19(16-17-10-4-1-5-11-17)20(26)21(27)23-24(14-8-3-9-15-25)18-12-6-2-7-13-18/h2,6-7,12-13,17,19-20,25-26H,1,3-5,8-11,14-16,22H2,(H,23,27). The van der Waals surface area contributed by atoms with Crippen molar-refractivity contribution in [2.75, 3.05) is 18.2 Å². The Kier molecular flexibility index (Phi) is 9.59. The van der Waals surface area contributed by atoms with E-state index in [-0.39, 0.29) is 6.61 Å². The van der Waals surface area contributed by atoms with Crippen LogP contribution in [-0.2, 0) is 4.79 Å². The molecular formula is C21H35N3O3. The van der Waals surface area contributed by atoms with E-state index < -0.39 is 18.1 Å². The maximum Gasteiger partial charge on any atom is 0.268 e. The third-order valence-electron chi connectivity index (χ3n) is 5.36. The predicted octanol–water partition coefficient (Wildman–Crippen LogP) is 2.35. The molecule has 0 saturated heterocycles. The fraction of sp³-hybridized carbons (Fsp3) is 0.667. The van der Waals surface area contributed by atoms with E-state index in [1.165, 1.54) is 19.3 Å². The summed E-state index contributed by atoms with van der Waals surface area (Å²) in [6, 6.07) is 9.03. The number of nitrogens with two attached hydrogens (primary N) is 1. The molecular weight excluding hydrogens is 342 g/mol. The topological polar surface area (TPSA) is 98.8 Å². The molecule has 2 unspecified atom stereocenters. The maximum absolute atomic E-state index is 12.6. The molecule has 2 rings (SSSR count). The molecule has 1 aliphatic carbocycles. The van der Waals surface area contributed by atoms with Crippen LogP contribution < -0.4 is 16.2 Å². The number of nitrogens with zero attached hydrogens (tertiary/aromatic N) is 1. The lowest BCUT2D eigenvalue weighted by atomic mass is 9.84. The summed E-state index contributed by atoms with van der Waals surface area (Å²) in [4.78, 5) is 12.6. The average molecular weight is 378 g/mol. The van der Waals surface area contributed by atoms with Gasteiger partial charge in [0.1, 0.15) is 6.10 Å². The second kappa shape index (κ2) is 12.0. The molecule has 1 aliphatic rings. The fourth-order valence-electron chi connectivity index (χ4n) is 3.75. The summed E-state index contributed by atoms with van der Waals surface area (Å²) >= 11 is 0. The lowest BCUT2D eigenvalue weighted by molar-refractivity contribution is -0.130. The Balaban J connectivity index is 1.90. The zero-order chi connectivity index (χ0) is 19.5. The summed E-state index contributed by atoms with van der Waals surface area (Å²) < 4.78 is 0. The van der Waals surface area contributed by atoms with Crippen molar-refractivity contribution in [1.29, 1.82) is 0 Å². The Morgan fingerprint density at radius 3 is 2.52 bits per heavy atom. The van der Waals surface area contributed by atoms with E-state index >= 15 is 0 Å². The third-order valence-corrected chi connectivity index (χ3v) is 5.36. The molecule has 1 amide bonds. The highest BCUT2D eigenvalue weighted by atomic mass is 16.3. The van der Waals surface area contributed by atoms with Gasteiger partial charge in [-0.15, -0.1) is 0 Å². The van der Waals surface area contributed by atoms with Gasteiger partial charge in [-0.25, -0.2) is 0 Å². The average Bonchev–Trinajstić information content (AvgIpc) is 2.71. The summed E-state index contributed by atoms with van der Waals surface area (Å²) in [7, 11) is 0. The van der Waals surface area contributed by atoms with Gasteiger partial charge in [0.25, 0.3) is 5.91 Å². The molecule has 0 spiro atoms. The molecule has 1 saturated carbocycles. The summed E-state index contributed by atoms with van der Waals surface area (Å²) in [6.45, 7) is 0.784. The summed E-state index contributed by atoms with van der Waals surface area (Å²) in [5.74, 6) is 0.0595. The third kappa shape index (κ3) is 7.48. The number of nitrogens with one attached hydrogen (secondary N) is 1. The first-order chi connectivity index (χ1) is 13.1. The first kappa shape index (κ1) is 21.7. The molecule has 0 aliphatic heterocycles. The number of carbonyl (C=O) groups excluding carboxylic acids is 1. The molecule has 6 nitrogen and oxygen atoms in total. The molecule has 1 fully saturated rings. The number of carbonyl (C=O) groups is 1. The highest BCUT2D eigenvalue weighted by Gasteiger charge is 2.27. The Bertz CT molecular complexity index is 535. The minimum atomic E-state index is -1.21. The van der Waals surface area contributed by atoms with Crippen molar-refractivity contribution >= 4 is 11.6 Å². The monoisotopic (exact) mass is 377 g/mol. The number of unbranched alkanes of at least 4 members (excludes halogenated alkanes) is 2. The van der Waals surface area contributed by atoms with E-state index in [2.05, 4.69) is 5.43 Å². The molecule has 2 atom stereocenters. The van der Waals surface area contributed by atoms with Crippen LogP contribution in [0.1, 0.15) is 57.8 Å². The van der Waals surface area contributed by atoms with Crippen molar-refractivity contribution < 1.29 is 15.0 Å². The van der Waals surface area contributed by atoms with Gasteiger partial charge < -0.3 is 15.9 Å². The second-order valence-electron chi connectivity index (χ2n) is 7.60. The lowest BCUT2D eigenvalue weighted by Gasteiger charge is -2.30. The highest BCUT2D eigenvalue weighted by molar-refractivity contribution is 5.82. The zero-order valence-corrected chi connectivity index (χ0v) is 16.2. The van der Waals surface area contributed by atoms with Crippen LogP contribution >= 0.6 is 0 Å². The Labute approximate surface area is 162 Å². The molecule has 0 radical (unpaired) electrons. The summed E-state index contributed by atoms with van der Waals surface area (Å²) in [5.41, 5.74) is 9.84. The predicted molar refractivity (Wildman–Crippen MR) is 108 cm³/mol. The van der Waals surface area contributed by atoms with Gasteiger partial charge in [-0.2, -0.15) is 0 Å². The van der Waals surface area contributed by atoms with Crippen LogP contribution in [0, 0.1) is 5.92 Å². The number of anilines is 1. The molecule has 0 heterocycles. The van der Waals surface area contributed by atoms with E-state index in [0.29, 0.717) is 18.9 Å². The van der Waals surface area contributed by atoms with Gasteiger partial charge in [-0.3, -0.25) is 15.2 Å². The minimum Gasteiger partial charge on any atom is -0.396 e. The number of amides is 1. The lowest BCUT2D eigenvalue weighted by Crippen LogP contribution is -2.53. The van der Waals surface area contributed by atoms with Gasteiger partial charge in [-0.1, -0.05) is 50.3 Å². The van der Waals surface area contributed by atoms with Crippen LogP contribution in [0.4, 0.5) is 5.69 Å². The summed E-state index contributed by atoms with van der Waals surface area (Å²) in [5, 5.41) is 21.1. The van der Waals surface area contributed by atoms with Gasteiger partial charge in [0.15, 0.2) is 0 Å². The number of hydrazine groups is 1. The minimum absolute atomic E-state index is 0.173. The van der Waals surface area contributed by atoms with Crippen molar-refractivity contribution in [3.05, 3.63) is 30.3 Å². The van der Waals surface area contributed by atoms with Crippen molar-refractivity contribution in [2.24, 2.45) is 11.7 Å². The van der Waals surface area contributed by atoms with E-state index in [4.69, 9.17) is 10.8 Å². The number of hydrogen-bond acceptors (Lipinski definition) is 5. The van der Waals surface area contributed by atoms with Gasteiger partial charge in [0.2, 0.25) is 0 Å². The van der Waals surface area contributed by atoms with Crippen LogP contribution in [0.2, 0.25) is 0 Å². The quantitative estimate of drug-likeness (QED) is 0.350. The van der Waals surface area contributed by atoms with Gasteiger partial charge >= 0.3 is 0 Å². The number of aliphatic hydroxyl groups is 2. The largest absolute Gasteiger partial charge is 0.396 e. The number of rotatable bonds is 11. The SMILES string of the molecule is NC(CC1CCCCC1)C(O)C(=O)NN(CCCCCO)c1ccccc1. The number of benzene rings is 1. The number of hydrogen-bond donors (Lipinski definition) is 4. The van der Waals surface area contributed by atoms with Crippen molar-refractivity contribution in [3.8, 4) is 0 Å². The van der Waals surface area contributed by atoms with Crippen LogP contribution in [0.3, 0.4) is 0 Å². The molecule has 0 aromatic heterocycles. The normalized spacial score (nSPS) is 17.3. The molecule has 152 valence electrons. The molecule has 6 heteroatoms. The summed E-state index contributed by atoms with van der Waals surface area (Å²) in [6.07, 6.45) is 7.92. The maximum atomic E-state index is 12.6. The highest BCUT2D eigenvalue weighted by Crippen LogP contribution is 2.27. The van der Waals surface area contributed by atoms with Gasteiger partial charge in [0.05, 0.1) is 5.69 Å². The van der Waals surface area contributed by atoms with E-state index in [0.717, 1.165) is 37.8 Å². The Morgan fingerprint density at radius 1 is 1.15 bits per heavy atom. The van der Waals surface area contributed by atoms with E-state index in [9.17, 15) is 9.90 Å². The molecule has 0 bridgehead atoms.